The molecule has 1 aromatic carbocycles. The summed E-state index contributed by atoms with van der Waals surface area (Å²) in [6, 6.07) is 5.62. The number of benzene rings is 1. The minimum Gasteiger partial charge on any atom is -0.497 e. The Morgan fingerprint density at radius 1 is 1.27 bits per heavy atom. The molecule has 1 rings (SSSR count). The quantitative estimate of drug-likeness (QED) is 0.742. The third kappa shape index (κ3) is 3.29. The van der Waals surface area contributed by atoms with Crippen LogP contribution in [0.15, 0.2) is 24.3 Å². The van der Waals surface area contributed by atoms with Crippen LogP contribution >= 0.6 is 0 Å². The van der Waals surface area contributed by atoms with Crippen molar-refractivity contribution in [1.82, 2.24) is 0 Å². The van der Waals surface area contributed by atoms with Crippen LogP contribution in [0.1, 0.15) is 5.56 Å². The molecule has 0 aliphatic rings. The molecule has 0 spiro atoms. The Kier molecular flexibility index (Phi) is 4.71. The van der Waals surface area contributed by atoms with Gasteiger partial charge in [0.05, 0.1) is 27.9 Å². The Balaban J connectivity index is 2.90. The zero-order valence-electron chi connectivity index (χ0n) is 9.03. The van der Waals surface area contributed by atoms with E-state index in [9.17, 15) is 0 Å². The first kappa shape index (κ1) is 11.6. The fraction of sp³-hybridized carbons (Fsp3) is 0.250. The smallest absolute Gasteiger partial charge is 0.126 e. The van der Waals surface area contributed by atoms with Gasteiger partial charge in [-0.15, -0.1) is 0 Å². The van der Waals surface area contributed by atoms with Crippen LogP contribution in [-0.4, -0.2) is 20.8 Å². The summed E-state index contributed by atoms with van der Waals surface area (Å²) in [5.74, 6) is 1.60. The maximum absolute atomic E-state index is 5.21. The van der Waals surface area contributed by atoms with Crippen molar-refractivity contribution in [3.63, 3.8) is 0 Å². The van der Waals surface area contributed by atoms with Crippen molar-refractivity contribution >= 4 is 6.08 Å². The number of methoxy groups -OCH3 is 2. The standard InChI is InChI=1S/C12H15O3/c1-13-8-4-5-10-9-11(14-2)6-7-12(10)15-3/h4-7,9H,1,8H2,2-3H3/b5-4+. The molecule has 81 valence electrons. The van der Waals surface area contributed by atoms with Crippen LogP contribution in [0.5, 0.6) is 11.5 Å². The monoisotopic (exact) mass is 207 g/mol. The van der Waals surface area contributed by atoms with Crippen molar-refractivity contribution in [2.24, 2.45) is 0 Å². The lowest BCUT2D eigenvalue weighted by Crippen LogP contribution is -1.89. The van der Waals surface area contributed by atoms with E-state index in [1.165, 1.54) is 0 Å². The molecule has 0 bridgehead atoms. The first-order valence-electron chi connectivity index (χ1n) is 4.57. The van der Waals surface area contributed by atoms with Crippen LogP contribution in [0.25, 0.3) is 6.08 Å². The minimum absolute atomic E-state index is 0.473. The molecule has 1 aromatic rings. The van der Waals surface area contributed by atoms with Crippen molar-refractivity contribution in [2.75, 3.05) is 20.8 Å². The highest BCUT2D eigenvalue weighted by atomic mass is 16.5. The zero-order valence-corrected chi connectivity index (χ0v) is 9.03. The van der Waals surface area contributed by atoms with E-state index < -0.39 is 0 Å². The van der Waals surface area contributed by atoms with Gasteiger partial charge in [0, 0.05) is 5.56 Å². The number of rotatable bonds is 5. The second-order valence-electron chi connectivity index (χ2n) is 2.88. The predicted octanol–water partition coefficient (Wildman–Crippen LogP) is 2.53. The lowest BCUT2D eigenvalue weighted by molar-refractivity contribution is 0.282. The Morgan fingerprint density at radius 3 is 2.67 bits per heavy atom. The van der Waals surface area contributed by atoms with Gasteiger partial charge in [0.2, 0.25) is 0 Å². The van der Waals surface area contributed by atoms with E-state index in [2.05, 4.69) is 11.8 Å². The van der Waals surface area contributed by atoms with Gasteiger partial charge >= 0.3 is 0 Å². The summed E-state index contributed by atoms with van der Waals surface area (Å²) in [6.45, 7) is 0.473. The van der Waals surface area contributed by atoms with Crippen molar-refractivity contribution in [3.8, 4) is 11.5 Å². The van der Waals surface area contributed by atoms with Crippen molar-refractivity contribution in [1.29, 1.82) is 0 Å². The Labute approximate surface area is 90.3 Å². The number of hydrogen-bond acceptors (Lipinski definition) is 3. The van der Waals surface area contributed by atoms with E-state index in [0.717, 1.165) is 17.1 Å². The SMILES string of the molecule is [CH2]OC/C=C/c1cc(OC)ccc1OC. The van der Waals surface area contributed by atoms with Gasteiger partial charge in [-0.1, -0.05) is 12.2 Å². The van der Waals surface area contributed by atoms with Crippen LogP contribution in [-0.2, 0) is 4.74 Å². The Bertz CT molecular complexity index is 332. The zero-order chi connectivity index (χ0) is 11.1. The van der Waals surface area contributed by atoms with Crippen LogP contribution in [0.4, 0.5) is 0 Å². The molecule has 0 aliphatic carbocycles. The Morgan fingerprint density at radius 2 is 2.07 bits per heavy atom. The molecular formula is C12H15O3. The average molecular weight is 207 g/mol. The highest BCUT2D eigenvalue weighted by molar-refractivity contribution is 5.59. The van der Waals surface area contributed by atoms with Gasteiger partial charge in [0.15, 0.2) is 0 Å². The number of hydrogen-bond donors (Lipinski definition) is 0. The maximum atomic E-state index is 5.21. The largest absolute Gasteiger partial charge is 0.497 e. The highest BCUT2D eigenvalue weighted by Crippen LogP contribution is 2.24. The fourth-order valence-corrected chi connectivity index (χ4v) is 1.21. The molecule has 0 aromatic heterocycles. The molecule has 15 heavy (non-hydrogen) atoms. The second-order valence-corrected chi connectivity index (χ2v) is 2.88. The van der Waals surface area contributed by atoms with Gasteiger partial charge in [-0.3, -0.25) is 0 Å². The van der Waals surface area contributed by atoms with Gasteiger partial charge in [0.25, 0.3) is 0 Å². The molecule has 0 amide bonds. The lowest BCUT2D eigenvalue weighted by atomic mass is 10.1. The molecule has 0 heterocycles. The van der Waals surface area contributed by atoms with Crippen molar-refractivity contribution in [2.45, 2.75) is 0 Å². The third-order valence-corrected chi connectivity index (χ3v) is 1.95. The average Bonchev–Trinajstić information content (AvgIpc) is 2.29. The fourth-order valence-electron chi connectivity index (χ4n) is 1.21. The molecule has 0 unspecified atom stereocenters. The van der Waals surface area contributed by atoms with Gasteiger partial charge in [-0.2, -0.15) is 0 Å². The molecule has 0 saturated carbocycles. The molecule has 0 fully saturated rings. The first-order valence-corrected chi connectivity index (χ1v) is 4.57. The minimum atomic E-state index is 0.473. The molecule has 0 N–H and O–H groups in total. The lowest BCUT2D eigenvalue weighted by Gasteiger charge is -2.06. The Hall–Kier alpha value is -1.48. The van der Waals surface area contributed by atoms with Crippen molar-refractivity contribution in [3.05, 3.63) is 36.9 Å². The second kappa shape index (κ2) is 6.09. The molecule has 0 aliphatic heterocycles. The summed E-state index contributed by atoms with van der Waals surface area (Å²) >= 11 is 0. The van der Waals surface area contributed by atoms with Crippen LogP contribution in [0.2, 0.25) is 0 Å². The van der Waals surface area contributed by atoms with Gasteiger partial charge in [-0.05, 0) is 18.2 Å². The van der Waals surface area contributed by atoms with Gasteiger partial charge in [-0.25, -0.2) is 0 Å². The van der Waals surface area contributed by atoms with Crippen LogP contribution < -0.4 is 9.47 Å². The molecule has 3 heteroatoms. The van der Waals surface area contributed by atoms with Crippen LogP contribution in [0.3, 0.4) is 0 Å². The molecular weight excluding hydrogens is 192 g/mol. The molecule has 1 radical (unpaired) electrons. The predicted molar refractivity (Wildman–Crippen MR) is 59.9 cm³/mol. The highest BCUT2D eigenvalue weighted by Gasteiger charge is 2.00. The van der Waals surface area contributed by atoms with E-state index >= 15 is 0 Å². The molecule has 0 atom stereocenters. The van der Waals surface area contributed by atoms with E-state index in [1.54, 1.807) is 14.2 Å². The maximum Gasteiger partial charge on any atom is 0.126 e. The van der Waals surface area contributed by atoms with E-state index in [-0.39, 0.29) is 0 Å². The van der Waals surface area contributed by atoms with Gasteiger partial charge < -0.3 is 14.2 Å². The van der Waals surface area contributed by atoms with Crippen LogP contribution in [0, 0.1) is 7.11 Å². The summed E-state index contributed by atoms with van der Waals surface area (Å²) in [7, 11) is 6.56. The number of ether oxygens (including phenoxy) is 3. The third-order valence-electron chi connectivity index (χ3n) is 1.95. The van der Waals surface area contributed by atoms with Gasteiger partial charge in [0.1, 0.15) is 11.5 Å². The summed E-state index contributed by atoms with van der Waals surface area (Å²) in [6.07, 6.45) is 3.77. The molecule has 0 saturated heterocycles. The summed E-state index contributed by atoms with van der Waals surface area (Å²) in [5.41, 5.74) is 0.953. The van der Waals surface area contributed by atoms with E-state index in [0.29, 0.717) is 6.61 Å². The molecule has 3 nitrogen and oxygen atoms in total. The summed E-state index contributed by atoms with van der Waals surface area (Å²) in [5, 5.41) is 0. The topological polar surface area (TPSA) is 27.7 Å². The van der Waals surface area contributed by atoms with E-state index in [4.69, 9.17) is 9.47 Å². The summed E-state index contributed by atoms with van der Waals surface area (Å²) < 4.78 is 15.0. The van der Waals surface area contributed by atoms with E-state index in [1.807, 2.05) is 30.4 Å². The van der Waals surface area contributed by atoms with Crippen molar-refractivity contribution < 1.29 is 14.2 Å². The first-order chi connectivity index (χ1) is 7.31. The summed E-state index contributed by atoms with van der Waals surface area (Å²) in [4.78, 5) is 0. The normalized spacial score (nSPS) is 10.6.